The van der Waals surface area contributed by atoms with Gasteiger partial charge in [-0.05, 0) is 30.9 Å². The first-order valence-corrected chi connectivity index (χ1v) is 7.71. The Morgan fingerprint density at radius 3 is 2.78 bits per heavy atom. The molecule has 0 N–H and O–H groups in total. The number of ether oxygens (including phenoxy) is 2. The third kappa shape index (κ3) is 5.16. The Balaban J connectivity index is 2.12. The summed E-state index contributed by atoms with van der Waals surface area (Å²) < 4.78 is 10.1. The number of carbonyl (C=O) groups is 1. The van der Waals surface area contributed by atoms with E-state index in [1.54, 1.807) is 13.2 Å². The second-order valence-corrected chi connectivity index (χ2v) is 5.79. The van der Waals surface area contributed by atoms with Crippen molar-refractivity contribution in [2.24, 2.45) is 5.92 Å². The normalized spacial score (nSPS) is 13.8. The maximum atomic E-state index is 12.4. The standard InChI is InChI=1S/C15H19ClN2O5/c1-22-6-7-23-10-15(19)17(9-11-2-3-11)12-4-5-13(16)14(8-12)18(20)21/h4-5,8,11H,2-3,6-7,9-10H2,1H3. The Labute approximate surface area is 139 Å². The van der Waals surface area contributed by atoms with Crippen molar-refractivity contribution in [3.63, 3.8) is 0 Å². The molecule has 126 valence electrons. The first-order valence-electron chi connectivity index (χ1n) is 7.34. The molecule has 0 atom stereocenters. The molecule has 1 amide bonds. The van der Waals surface area contributed by atoms with Crippen molar-refractivity contribution >= 4 is 28.9 Å². The highest BCUT2D eigenvalue weighted by Crippen LogP contribution is 2.34. The van der Waals surface area contributed by atoms with Crippen molar-refractivity contribution in [2.45, 2.75) is 12.8 Å². The average Bonchev–Trinajstić information content (AvgIpc) is 3.33. The summed E-state index contributed by atoms with van der Waals surface area (Å²) >= 11 is 5.83. The molecule has 0 aliphatic heterocycles. The molecule has 0 bridgehead atoms. The number of hydrogen-bond donors (Lipinski definition) is 0. The molecule has 7 nitrogen and oxygen atoms in total. The van der Waals surface area contributed by atoms with Gasteiger partial charge in [-0.15, -0.1) is 0 Å². The van der Waals surface area contributed by atoms with Crippen LogP contribution in [0.1, 0.15) is 12.8 Å². The van der Waals surface area contributed by atoms with Crippen LogP contribution in [0.5, 0.6) is 0 Å². The highest BCUT2D eigenvalue weighted by molar-refractivity contribution is 6.32. The van der Waals surface area contributed by atoms with E-state index < -0.39 is 4.92 Å². The van der Waals surface area contributed by atoms with Crippen molar-refractivity contribution in [3.05, 3.63) is 33.3 Å². The number of amides is 1. The highest BCUT2D eigenvalue weighted by Gasteiger charge is 2.28. The molecule has 1 aromatic rings. The molecule has 1 aliphatic rings. The number of rotatable bonds is 9. The lowest BCUT2D eigenvalue weighted by atomic mass is 10.2. The topological polar surface area (TPSA) is 81.9 Å². The molecule has 23 heavy (non-hydrogen) atoms. The van der Waals surface area contributed by atoms with Crippen molar-refractivity contribution < 1.29 is 19.2 Å². The Morgan fingerprint density at radius 2 is 2.17 bits per heavy atom. The molecule has 0 radical (unpaired) electrons. The largest absolute Gasteiger partial charge is 0.382 e. The minimum Gasteiger partial charge on any atom is -0.382 e. The minimum atomic E-state index is -0.555. The number of nitro groups is 1. The smallest absolute Gasteiger partial charge is 0.289 e. The summed E-state index contributed by atoms with van der Waals surface area (Å²) in [6.45, 7) is 1.17. The van der Waals surface area contributed by atoms with Crippen LogP contribution in [0.4, 0.5) is 11.4 Å². The number of carbonyl (C=O) groups excluding carboxylic acids is 1. The fourth-order valence-electron chi connectivity index (χ4n) is 2.10. The molecule has 2 rings (SSSR count). The first kappa shape index (κ1) is 17.7. The van der Waals surface area contributed by atoms with Crippen LogP contribution in [0.2, 0.25) is 5.02 Å². The quantitative estimate of drug-likeness (QED) is 0.391. The molecule has 1 aromatic carbocycles. The number of hydrogen-bond acceptors (Lipinski definition) is 5. The Morgan fingerprint density at radius 1 is 1.43 bits per heavy atom. The van der Waals surface area contributed by atoms with E-state index in [2.05, 4.69) is 0 Å². The lowest BCUT2D eigenvalue weighted by Crippen LogP contribution is -2.36. The maximum Gasteiger partial charge on any atom is 0.289 e. The first-order chi connectivity index (χ1) is 11.0. The molecule has 0 unspecified atom stereocenters. The van der Waals surface area contributed by atoms with Crippen molar-refractivity contribution in [2.75, 3.05) is 38.4 Å². The van der Waals surface area contributed by atoms with E-state index in [4.69, 9.17) is 21.1 Å². The molecule has 0 aromatic heterocycles. The van der Waals surface area contributed by atoms with Gasteiger partial charge in [-0.3, -0.25) is 14.9 Å². The van der Waals surface area contributed by atoms with E-state index in [1.807, 2.05) is 0 Å². The van der Waals surface area contributed by atoms with E-state index in [9.17, 15) is 14.9 Å². The predicted molar refractivity (Wildman–Crippen MR) is 85.9 cm³/mol. The van der Waals surface area contributed by atoms with E-state index in [0.717, 1.165) is 12.8 Å². The van der Waals surface area contributed by atoms with Gasteiger partial charge in [-0.25, -0.2) is 0 Å². The fraction of sp³-hybridized carbons (Fsp3) is 0.533. The number of nitrogens with zero attached hydrogens (tertiary/aromatic N) is 2. The van der Waals surface area contributed by atoms with Gasteiger partial charge in [-0.1, -0.05) is 11.6 Å². The summed E-state index contributed by atoms with van der Waals surface area (Å²) in [6, 6.07) is 4.39. The van der Waals surface area contributed by atoms with E-state index in [-0.39, 0.29) is 23.2 Å². The van der Waals surface area contributed by atoms with Gasteiger partial charge in [0.25, 0.3) is 11.6 Å². The lowest BCUT2D eigenvalue weighted by Gasteiger charge is -2.23. The van der Waals surface area contributed by atoms with Gasteiger partial charge in [0.05, 0.1) is 23.8 Å². The Kier molecular flexibility index (Phi) is 6.32. The van der Waals surface area contributed by atoms with E-state index >= 15 is 0 Å². The summed E-state index contributed by atoms with van der Waals surface area (Å²) in [5.74, 6) is 0.206. The SMILES string of the molecule is COCCOCC(=O)N(CC1CC1)c1ccc(Cl)c([N+](=O)[O-])c1. The molecular weight excluding hydrogens is 324 g/mol. The molecule has 8 heteroatoms. The molecular formula is C15H19ClN2O5. The van der Waals surface area contributed by atoms with Crippen LogP contribution >= 0.6 is 11.6 Å². The second kappa shape index (κ2) is 8.24. The monoisotopic (exact) mass is 342 g/mol. The van der Waals surface area contributed by atoms with Crippen molar-refractivity contribution in [3.8, 4) is 0 Å². The van der Waals surface area contributed by atoms with Gasteiger partial charge in [0, 0.05) is 19.7 Å². The summed E-state index contributed by atoms with van der Waals surface area (Å²) in [5.41, 5.74) is 0.256. The van der Waals surface area contributed by atoms with Gasteiger partial charge in [0.2, 0.25) is 0 Å². The van der Waals surface area contributed by atoms with Gasteiger partial charge in [-0.2, -0.15) is 0 Å². The van der Waals surface area contributed by atoms with Crippen LogP contribution in [0, 0.1) is 16.0 Å². The lowest BCUT2D eigenvalue weighted by molar-refractivity contribution is -0.384. The molecule has 0 saturated heterocycles. The van der Waals surface area contributed by atoms with E-state index in [1.165, 1.54) is 17.0 Å². The highest BCUT2D eigenvalue weighted by atomic mass is 35.5. The van der Waals surface area contributed by atoms with Crippen LogP contribution in [0.15, 0.2) is 18.2 Å². The zero-order valence-electron chi connectivity index (χ0n) is 12.9. The average molecular weight is 343 g/mol. The second-order valence-electron chi connectivity index (χ2n) is 5.39. The molecule has 1 fully saturated rings. The van der Waals surface area contributed by atoms with Gasteiger partial charge in [0.15, 0.2) is 0 Å². The molecule has 0 heterocycles. The molecule has 1 aliphatic carbocycles. The summed E-state index contributed by atoms with van der Waals surface area (Å²) in [4.78, 5) is 24.4. The van der Waals surface area contributed by atoms with Crippen LogP contribution in [-0.4, -0.2) is 44.3 Å². The maximum absolute atomic E-state index is 12.4. The zero-order chi connectivity index (χ0) is 16.8. The predicted octanol–water partition coefficient (Wildman–Crippen LogP) is 2.65. The third-order valence-corrected chi connectivity index (χ3v) is 3.85. The zero-order valence-corrected chi connectivity index (χ0v) is 13.6. The molecule has 0 spiro atoms. The van der Waals surface area contributed by atoms with Crippen LogP contribution in [0.25, 0.3) is 0 Å². The number of halogens is 1. The van der Waals surface area contributed by atoms with E-state index in [0.29, 0.717) is 31.4 Å². The third-order valence-electron chi connectivity index (χ3n) is 3.53. The fourth-order valence-corrected chi connectivity index (χ4v) is 2.28. The summed E-state index contributed by atoms with van der Waals surface area (Å²) in [7, 11) is 1.55. The van der Waals surface area contributed by atoms with Gasteiger partial charge >= 0.3 is 0 Å². The van der Waals surface area contributed by atoms with Gasteiger partial charge < -0.3 is 14.4 Å². The number of anilines is 1. The van der Waals surface area contributed by atoms with Crippen LogP contribution < -0.4 is 4.90 Å². The van der Waals surface area contributed by atoms with Crippen molar-refractivity contribution in [1.82, 2.24) is 0 Å². The summed E-state index contributed by atoms with van der Waals surface area (Å²) in [6.07, 6.45) is 2.12. The summed E-state index contributed by atoms with van der Waals surface area (Å²) in [5, 5.41) is 11.1. The van der Waals surface area contributed by atoms with Crippen LogP contribution in [-0.2, 0) is 14.3 Å². The van der Waals surface area contributed by atoms with Crippen LogP contribution in [0.3, 0.4) is 0 Å². The van der Waals surface area contributed by atoms with Gasteiger partial charge in [0.1, 0.15) is 11.6 Å². The Bertz CT molecular complexity index is 577. The minimum absolute atomic E-state index is 0.0499. The number of methoxy groups -OCH3 is 1. The van der Waals surface area contributed by atoms with Crippen molar-refractivity contribution in [1.29, 1.82) is 0 Å². The number of benzene rings is 1. The number of nitro benzene ring substituents is 1. The molecule has 1 saturated carbocycles. The Hall–Kier alpha value is -1.70.